The molecule has 4 heteroatoms. The fraction of sp³-hybridized carbons (Fsp3) is 0.579. The van der Waals surface area contributed by atoms with Crippen molar-refractivity contribution in [2.75, 3.05) is 19.6 Å². The Hall–Kier alpha value is -1.84. The van der Waals surface area contributed by atoms with E-state index in [1.54, 1.807) is 12.1 Å². The van der Waals surface area contributed by atoms with Gasteiger partial charge in [0.25, 0.3) is 5.91 Å². The van der Waals surface area contributed by atoms with Gasteiger partial charge in [-0.1, -0.05) is 37.5 Å². The van der Waals surface area contributed by atoms with Crippen LogP contribution >= 0.6 is 0 Å². The highest BCUT2D eigenvalue weighted by molar-refractivity contribution is 5.94. The first kappa shape index (κ1) is 16.0. The van der Waals surface area contributed by atoms with E-state index >= 15 is 0 Å². The minimum atomic E-state index is -0.107. The number of carbonyl (C=O) groups is 2. The Bertz CT molecular complexity index is 544. The number of fused-ring (bicyclic) bond motifs is 1. The second kappa shape index (κ2) is 7.62. The van der Waals surface area contributed by atoms with Crippen LogP contribution in [0.5, 0.6) is 0 Å². The van der Waals surface area contributed by atoms with Crippen LogP contribution in [-0.2, 0) is 4.79 Å². The number of hydrogen-bond donors (Lipinski definition) is 1. The summed E-state index contributed by atoms with van der Waals surface area (Å²) in [6.07, 6.45) is 6.86. The summed E-state index contributed by atoms with van der Waals surface area (Å²) < 4.78 is 0. The number of likely N-dealkylation sites (tertiary alicyclic amines) is 1. The van der Waals surface area contributed by atoms with E-state index in [0.29, 0.717) is 24.4 Å². The van der Waals surface area contributed by atoms with Crippen LogP contribution in [-0.4, -0.2) is 36.3 Å². The van der Waals surface area contributed by atoms with Gasteiger partial charge >= 0.3 is 0 Å². The van der Waals surface area contributed by atoms with Crippen LogP contribution in [0.25, 0.3) is 0 Å². The van der Waals surface area contributed by atoms with Crippen molar-refractivity contribution in [3.05, 3.63) is 35.9 Å². The molecule has 2 aliphatic rings. The van der Waals surface area contributed by atoms with E-state index in [0.717, 1.165) is 25.4 Å². The van der Waals surface area contributed by atoms with Gasteiger partial charge in [0.1, 0.15) is 0 Å². The van der Waals surface area contributed by atoms with Crippen LogP contribution in [0.15, 0.2) is 30.3 Å². The topological polar surface area (TPSA) is 49.4 Å². The molecule has 1 aliphatic carbocycles. The molecule has 1 N–H and O–H groups in total. The molecule has 1 saturated carbocycles. The molecule has 0 radical (unpaired) electrons. The Kier molecular flexibility index (Phi) is 5.31. The van der Waals surface area contributed by atoms with Crippen LogP contribution in [0.4, 0.5) is 0 Å². The maximum atomic E-state index is 12.4. The Morgan fingerprint density at radius 3 is 2.57 bits per heavy atom. The largest absolute Gasteiger partial charge is 0.352 e. The molecule has 0 spiro atoms. The third-order valence-electron chi connectivity index (χ3n) is 5.30. The van der Waals surface area contributed by atoms with Crippen molar-refractivity contribution in [3.8, 4) is 0 Å². The molecule has 0 bridgehead atoms. The number of carbonyl (C=O) groups excluding carboxylic acids is 2. The number of hydrogen-bond acceptors (Lipinski definition) is 2. The first-order chi connectivity index (χ1) is 11.2. The lowest BCUT2D eigenvalue weighted by atomic mass is 9.75. The molecule has 2 amide bonds. The van der Waals surface area contributed by atoms with Gasteiger partial charge in [-0.2, -0.15) is 0 Å². The molecule has 2 atom stereocenters. The Labute approximate surface area is 138 Å². The van der Waals surface area contributed by atoms with E-state index in [4.69, 9.17) is 0 Å². The molecule has 4 nitrogen and oxygen atoms in total. The summed E-state index contributed by atoms with van der Waals surface area (Å²) in [5.41, 5.74) is 0.642. The van der Waals surface area contributed by atoms with Gasteiger partial charge in [-0.05, 0) is 36.8 Å². The zero-order valence-electron chi connectivity index (χ0n) is 13.7. The predicted octanol–water partition coefficient (Wildman–Crippen LogP) is 2.85. The Balaban J connectivity index is 1.42. The first-order valence-electron chi connectivity index (χ1n) is 8.85. The number of benzene rings is 1. The lowest BCUT2D eigenvalue weighted by Crippen LogP contribution is -2.45. The average Bonchev–Trinajstić information content (AvgIpc) is 2.61. The Morgan fingerprint density at radius 1 is 1.04 bits per heavy atom. The molecule has 23 heavy (non-hydrogen) atoms. The predicted molar refractivity (Wildman–Crippen MR) is 90.0 cm³/mol. The second-order valence-corrected chi connectivity index (χ2v) is 6.80. The van der Waals surface area contributed by atoms with E-state index in [9.17, 15) is 9.59 Å². The SMILES string of the molecule is O=C(NCCC(=O)N1CCC2CCCCC2C1)c1ccccc1. The van der Waals surface area contributed by atoms with Gasteiger partial charge in [0.05, 0.1) is 0 Å². The van der Waals surface area contributed by atoms with Crippen LogP contribution in [0, 0.1) is 11.8 Å². The molecule has 1 saturated heterocycles. The number of nitrogens with one attached hydrogen (secondary N) is 1. The molecule has 124 valence electrons. The second-order valence-electron chi connectivity index (χ2n) is 6.80. The highest BCUT2D eigenvalue weighted by Crippen LogP contribution is 2.36. The molecule has 2 unspecified atom stereocenters. The van der Waals surface area contributed by atoms with Crippen LogP contribution in [0.2, 0.25) is 0 Å². The van der Waals surface area contributed by atoms with Crippen molar-refractivity contribution in [2.24, 2.45) is 11.8 Å². The summed E-state index contributed by atoms with van der Waals surface area (Å²) in [4.78, 5) is 26.3. The minimum absolute atomic E-state index is 0.107. The Morgan fingerprint density at radius 2 is 1.78 bits per heavy atom. The van der Waals surface area contributed by atoms with Crippen molar-refractivity contribution < 1.29 is 9.59 Å². The zero-order valence-corrected chi connectivity index (χ0v) is 13.7. The van der Waals surface area contributed by atoms with Crippen molar-refractivity contribution in [1.82, 2.24) is 10.2 Å². The molecular formula is C19H26N2O2. The first-order valence-corrected chi connectivity index (χ1v) is 8.85. The molecule has 0 aromatic heterocycles. The summed E-state index contributed by atoms with van der Waals surface area (Å²) >= 11 is 0. The van der Waals surface area contributed by atoms with Crippen molar-refractivity contribution in [1.29, 1.82) is 0 Å². The lowest BCUT2D eigenvalue weighted by molar-refractivity contribution is -0.134. The molecule has 2 fully saturated rings. The third kappa shape index (κ3) is 4.12. The monoisotopic (exact) mass is 314 g/mol. The fourth-order valence-electron chi connectivity index (χ4n) is 3.96. The molecule has 1 heterocycles. The number of amides is 2. The summed E-state index contributed by atoms with van der Waals surface area (Å²) in [6, 6.07) is 9.13. The van der Waals surface area contributed by atoms with E-state index in [1.165, 1.54) is 25.7 Å². The number of rotatable bonds is 4. The normalized spacial score (nSPS) is 23.9. The summed E-state index contributed by atoms with van der Waals surface area (Å²) in [7, 11) is 0. The molecule has 3 rings (SSSR count). The zero-order chi connectivity index (χ0) is 16.1. The molecule has 1 aromatic carbocycles. The van der Waals surface area contributed by atoms with Crippen LogP contribution in [0.1, 0.15) is 48.9 Å². The highest BCUT2D eigenvalue weighted by atomic mass is 16.2. The van der Waals surface area contributed by atoms with Crippen LogP contribution < -0.4 is 5.32 Å². The van der Waals surface area contributed by atoms with E-state index in [-0.39, 0.29) is 11.8 Å². The minimum Gasteiger partial charge on any atom is -0.352 e. The van der Waals surface area contributed by atoms with Gasteiger partial charge in [-0.3, -0.25) is 9.59 Å². The van der Waals surface area contributed by atoms with Gasteiger partial charge in [0.15, 0.2) is 0 Å². The quantitative estimate of drug-likeness (QED) is 0.929. The van der Waals surface area contributed by atoms with Crippen molar-refractivity contribution in [3.63, 3.8) is 0 Å². The summed E-state index contributed by atoms with van der Waals surface area (Å²) in [5, 5.41) is 2.84. The smallest absolute Gasteiger partial charge is 0.251 e. The van der Waals surface area contributed by atoms with E-state index < -0.39 is 0 Å². The van der Waals surface area contributed by atoms with Gasteiger partial charge in [0, 0.05) is 31.6 Å². The fourth-order valence-corrected chi connectivity index (χ4v) is 3.96. The maximum absolute atomic E-state index is 12.4. The number of piperidine rings is 1. The molecule has 1 aromatic rings. The highest BCUT2D eigenvalue weighted by Gasteiger charge is 2.32. The van der Waals surface area contributed by atoms with Gasteiger partial charge < -0.3 is 10.2 Å². The standard InChI is InChI=1S/C19H26N2O2/c22-18(10-12-20-19(23)16-7-2-1-3-8-16)21-13-11-15-6-4-5-9-17(15)14-21/h1-3,7-8,15,17H,4-6,9-14H2,(H,20,23). The van der Waals surface area contributed by atoms with Crippen molar-refractivity contribution in [2.45, 2.75) is 38.5 Å². The van der Waals surface area contributed by atoms with Gasteiger partial charge in [0.2, 0.25) is 5.91 Å². The molecule has 1 aliphatic heterocycles. The van der Waals surface area contributed by atoms with Gasteiger partial charge in [-0.15, -0.1) is 0 Å². The number of nitrogens with zero attached hydrogens (tertiary/aromatic N) is 1. The van der Waals surface area contributed by atoms with E-state index in [2.05, 4.69) is 5.32 Å². The van der Waals surface area contributed by atoms with Gasteiger partial charge in [-0.25, -0.2) is 0 Å². The summed E-state index contributed by atoms with van der Waals surface area (Å²) in [6.45, 7) is 2.24. The maximum Gasteiger partial charge on any atom is 0.251 e. The summed E-state index contributed by atoms with van der Waals surface area (Å²) in [5.74, 6) is 1.62. The van der Waals surface area contributed by atoms with Crippen molar-refractivity contribution >= 4 is 11.8 Å². The molecular weight excluding hydrogens is 288 g/mol. The average molecular weight is 314 g/mol. The van der Waals surface area contributed by atoms with E-state index in [1.807, 2.05) is 23.1 Å². The lowest BCUT2D eigenvalue weighted by Gasteiger charge is -2.41. The third-order valence-corrected chi connectivity index (χ3v) is 5.30. The van der Waals surface area contributed by atoms with Crippen LogP contribution in [0.3, 0.4) is 0 Å².